The van der Waals surface area contributed by atoms with E-state index in [4.69, 9.17) is 0 Å². The Labute approximate surface area is 211 Å². The lowest BCUT2D eigenvalue weighted by molar-refractivity contribution is 0.595. The van der Waals surface area contributed by atoms with E-state index in [2.05, 4.69) is 20.6 Å². The van der Waals surface area contributed by atoms with Crippen LogP contribution in [0.5, 0.6) is 0 Å². The number of sulfone groups is 2. The van der Waals surface area contributed by atoms with Gasteiger partial charge >= 0.3 is 0 Å². The van der Waals surface area contributed by atoms with E-state index in [1.165, 1.54) is 6.33 Å². The molecule has 10 heteroatoms. The van der Waals surface area contributed by atoms with Crippen LogP contribution in [0.25, 0.3) is 11.1 Å². The van der Waals surface area contributed by atoms with Crippen molar-refractivity contribution in [2.75, 3.05) is 22.1 Å². The molecule has 36 heavy (non-hydrogen) atoms. The average molecular weight is 523 g/mol. The topological polar surface area (TPSA) is 118 Å². The molecule has 4 aromatic rings. The Morgan fingerprint density at radius 2 is 1.17 bits per heavy atom. The molecule has 0 fully saturated rings. The van der Waals surface area contributed by atoms with E-state index >= 15 is 0 Å². The maximum Gasteiger partial charge on any atom is 0.178 e. The van der Waals surface area contributed by atoms with Gasteiger partial charge in [0.25, 0.3) is 0 Å². The van der Waals surface area contributed by atoms with Crippen molar-refractivity contribution < 1.29 is 16.8 Å². The van der Waals surface area contributed by atoms with E-state index in [-0.39, 0.29) is 16.4 Å². The SMILES string of the molecule is CCS(=O)(=O)c1ccc(-c2cccc(Nc3cc(Nc4cccc(S(=O)(=O)CC)c4)ncn3)c2)cc1. The minimum absolute atomic E-state index is 0.0269. The van der Waals surface area contributed by atoms with Crippen LogP contribution in [0.2, 0.25) is 0 Å². The monoisotopic (exact) mass is 522 g/mol. The molecule has 0 aliphatic heterocycles. The minimum Gasteiger partial charge on any atom is -0.340 e. The van der Waals surface area contributed by atoms with Gasteiger partial charge in [-0.15, -0.1) is 0 Å². The molecule has 4 rings (SSSR count). The van der Waals surface area contributed by atoms with Crippen molar-refractivity contribution in [2.24, 2.45) is 0 Å². The number of anilines is 4. The molecular weight excluding hydrogens is 496 g/mol. The summed E-state index contributed by atoms with van der Waals surface area (Å²) >= 11 is 0. The molecule has 0 aliphatic carbocycles. The molecule has 1 aromatic heterocycles. The van der Waals surface area contributed by atoms with Crippen LogP contribution in [0.4, 0.5) is 23.0 Å². The van der Waals surface area contributed by atoms with Crippen molar-refractivity contribution in [3.05, 3.63) is 85.2 Å². The summed E-state index contributed by atoms with van der Waals surface area (Å²) in [6.07, 6.45) is 1.41. The highest BCUT2D eigenvalue weighted by Gasteiger charge is 2.13. The van der Waals surface area contributed by atoms with Crippen LogP contribution < -0.4 is 10.6 Å². The van der Waals surface area contributed by atoms with Crippen LogP contribution in [-0.4, -0.2) is 38.3 Å². The number of hydrogen-bond acceptors (Lipinski definition) is 8. The highest BCUT2D eigenvalue weighted by atomic mass is 32.2. The summed E-state index contributed by atoms with van der Waals surface area (Å²) in [5, 5.41) is 6.37. The van der Waals surface area contributed by atoms with Crippen LogP contribution >= 0.6 is 0 Å². The first kappa shape index (κ1) is 25.3. The van der Waals surface area contributed by atoms with Gasteiger partial charge in [0.2, 0.25) is 0 Å². The molecule has 0 radical (unpaired) electrons. The Kier molecular flexibility index (Phi) is 7.37. The third kappa shape index (κ3) is 5.89. The Bertz CT molecular complexity index is 1590. The van der Waals surface area contributed by atoms with Gasteiger partial charge in [0.15, 0.2) is 19.7 Å². The van der Waals surface area contributed by atoms with Gasteiger partial charge in [-0.3, -0.25) is 0 Å². The van der Waals surface area contributed by atoms with E-state index in [1.807, 2.05) is 24.3 Å². The first-order valence-corrected chi connectivity index (χ1v) is 14.6. The molecule has 0 spiro atoms. The lowest BCUT2D eigenvalue weighted by atomic mass is 10.1. The molecule has 0 saturated carbocycles. The van der Waals surface area contributed by atoms with Gasteiger partial charge in [0.05, 0.1) is 21.3 Å². The second-order valence-electron chi connectivity index (χ2n) is 7.98. The number of rotatable bonds is 9. The van der Waals surface area contributed by atoms with Gasteiger partial charge in [0, 0.05) is 17.4 Å². The lowest BCUT2D eigenvalue weighted by Gasteiger charge is -2.11. The molecule has 0 saturated heterocycles. The average Bonchev–Trinajstić information content (AvgIpc) is 2.89. The summed E-state index contributed by atoms with van der Waals surface area (Å²) < 4.78 is 48.5. The first-order valence-electron chi connectivity index (χ1n) is 11.3. The van der Waals surface area contributed by atoms with E-state index < -0.39 is 19.7 Å². The van der Waals surface area contributed by atoms with E-state index in [0.29, 0.717) is 22.2 Å². The minimum atomic E-state index is -3.32. The fourth-order valence-corrected chi connectivity index (χ4v) is 5.33. The lowest BCUT2D eigenvalue weighted by Crippen LogP contribution is -2.04. The van der Waals surface area contributed by atoms with Gasteiger partial charge in [-0.05, 0) is 53.6 Å². The fourth-order valence-electron chi connectivity index (χ4n) is 3.52. The Morgan fingerprint density at radius 3 is 1.78 bits per heavy atom. The molecule has 0 aliphatic rings. The van der Waals surface area contributed by atoms with Gasteiger partial charge < -0.3 is 10.6 Å². The summed E-state index contributed by atoms with van der Waals surface area (Å²) in [7, 11) is -6.56. The summed E-state index contributed by atoms with van der Waals surface area (Å²) in [6.45, 7) is 3.24. The maximum atomic E-state index is 12.2. The van der Waals surface area contributed by atoms with Crippen LogP contribution in [0.3, 0.4) is 0 Å². The zero-order valence-electron chi connectivity index (χ0n) is 19.8. The van der Waals surface area contributed by atoms with E-state index in [0.717, 1.165) is 16.8 Å². The van der Waals surface area contributed by atoms with E-state index in [9.17, 15) is 16.8 Å². The number of hydrogen-bond donors (Lipinski definition) is 2. The molecule has 3 aromatic carbocycles. The highest BCUT2D eigenvalue weighted by Crippen LogP contribution is 2.27. The quantitative estimate of drug-likeness (QED) is 0.307. The molecule has 0 bridgehead atoms. The Hall–Kier alpha value is -3.76. The van der Waals surface area contributed by atoms with Crippen molar-refractivity contribution in [3.63, 3.8) is 0 Å². The van der Waals surface area contributed by atoms with Crippen molar-refractivity contribution in [1.82, 2.24) is 9.97 Å². The molecular formula is C26H26N4O4S2. The summed E-state index contributed by atoms with van der Waals surface area (Å²) in [5.41, 5.74) is 3.20. The molecule has 2 N–H and O–H groups in total. The van der Waals surface area contributed by atoms with Crippen molar-refractivity contribution in [1.29, 1.82) is 0 Å². The van der Waals surface area contributed by atoms with Crippen LogP contribution in [-0.2, 0) is 19.7 Å². The molecule has 8 nitrogen and oxygen atoms in total. The number of aromatic nitrogens is 2. The largest absolute Gasteiger partial charge is 0.340 e. The molecule has 0 atom stereocenters. The van der Waals surface area contributed by atoms with Gasteiger partial charge in [-0.25, -0.2) is 26.8 Å². The van der Waals surface area contributed by atoms with Crippen LogP contribution in [0.15, 0.2) is 95.0 Å². The van der Waals surface area contributed by atoms with Crippen molar-refractivity contribution in [3.8, 4) is 11.1 Å². The number of benzene rings is 3. The van der Waals surface area contributed by atoms with Gasteiger partial charge in [0.1, 0.15) is 18.0 Å². The Balaban J connectivity index is 1.52. The number of nitrogens with one attached hydrogen (secondary N) is 2. The van der Waals surface area contributed by atoms with Crippen molar-refractivity contribution in [2.45, 2.75) is 23.6 Å². The zero-order chi connectivity index (χ0) is 25.8. The highest BCUT2D eigenvalue weighted by molar-refractivity contribution is 7.91. The third-order valence-corrected chi connectivity index (χ3v) is 9.06. The fraction of sp³-hybridized carbons (Fsp3) is 0.154. The second-order valence-corrected chi connectivity index (χ2v) is 12.5. The van der Waals surface area contributed by atoms with Gasteiger partial charge in [-0.1, -0.05) is 44.2 Å². The summed E-state index contributed by atoms with van der Waals surface area (Å²) in [4.78, 5) is 9.06. The maximum absolute atomic E-state index is 12.2. The summed E-state index contributed by atoms with van der Waals surface area (Å²) in [6, 6.07) is 22.8. The molecule has 0 amide bonds. The predicted octanol–water partition coefficient (Wildman–Crippen LogP) is 5.22. The van der Waals surface area contributed by atoms with Crippen molar-refractivity contribution >= 4 is 42.7 Å². The first-order chi connectivity index (χ1) is 17.2. The smallest absolute Gasteiger partial charge is 0.178 e. The number of nitrogens with zero attached hydrogens (tertiary/aromatic N) is 2. The predicted molar refractivity (Wildman–Crippen MR) is 142 cm³/mol. The van der Waals surface area contributed by atoms with Crippen LogP contribution in [0.1, 0.15) is 13.8 Å². The molecule has 0 unspecified atom stereocenters. The normalized spacial score (nSPS) is 11.7. The molecule has 186 valence electrons. The standard InChI is InChI=1S/C26H26N4O4S2/c1-3-35(31,32)23-13-11-19(12-14-23)20-7-5-8-21(15-20)29-25-17-26(28-18-27-25)30-22-9-6-10-24(16-22)36(33,34)4-2/h5-18H,3-4H2,1-2H3,(H2,27,28,29,30). The summed E-state index contributed by atoms with van der Waals surface area (Å²) in [5.74, 6) is 1.14. The Morgan fingerprint density at radius 1 is 0.611 bits per heavy atom. The molecule has 1 heterocycles. The zero-order valence-corrected chi connectivity index (χ0v) is 21.5. The van der Waals surface area contributed by atoms with E-state index in [1.54, 1.807) is 68.4 Å². The third-order valence-electron chi connectivity index (χ3n) is 5.57. The second kappa shape index (κ2) is 10.5. The van der Waals surface area contributed by atoms with Gasteiger partial charge in [-0.2, -0.15) is 0 Å². The van der Waals surface area contributed by atoms with Crippen LogP contribution in [0, 0.1) is 0 Å².